The van der Waals surface area contributed by atoms with Crippen molar-refractivity contribution in [3.05, 3.63) is 89.0 Å². The summed E-state index contributed by atoms with van der Waals surface area (Å²) in [5.74, 6) is -1.46. The molecule has 4 rings (SSSR count). The zero-order valence-electron chi connectivity index (χ0n) is 17.0. The maximum absolute atomic E-state index is 13.0. The number of benzene rings is 3. The number of aliphatic hydroxyl groups is 1. The number of hydrogen-bond donors (Lipinski definition) is 1. The molecule has 1 unspecified atom stereocenters. The molecule has 1 heterocycles. The fraction of sp³-hybridized carbons (Fsp3) is 0.200. The van der Waals surface area contributed by atoms with Gasteiger partial charge in [0.1, 0.15) is 5.76 Å². The SMILES string of the molecule is COCCN1C(=O)C(=O)/C(=C(/O)c2ccc3ccccc3c2)C1c1ccccc1C. The molecule has 5 heteroatoms. The lowest BCUT2D eigenvalue weighted by molar-refractivity contribution is -0.140. The molecule has 152 valence electrons. The summed E-state index contributed by atoms with van der Waals surface area (Å²) >= 11 is 0. The predicted molar refractivity (Wildman–Crippen MR) is 116 cm³/mol. The van der Waals surface area contributed by atoms with Crippen molar-refractivity contribution >= 4 is 28.2 Å². The fourth-order valence-electron chi connectivity index (χ4n) is 4.01. The quantitative estimate of drug-likeness (QED) is 0.395. The molecule has 1 N–H and O–H groups in total. The van der Waals surface area contributed by atoms with Crippen LogP contribution in [0.25, 0.3) is 16.5 Å². The van der Waals surface area contributed by atoms with Gasteiger partial charge in [-0.2, -0.15) is 0 Å². The van der Waals surface area contributed by atoms with Crippen LogP contribution >= 0.6 is 0 Å². The van der Waals surface area contributed by atoms with Gasteiger partial charge in [-0.25, -0.2) is 0 Å². The minimum absolute atomic E-state index is 0.112. The van der Waals surface area contributed by atoms with Gasteiger partial charge in [-0.3, -0.25) is 9.59 Å². The number of rotatable bonds is 5. The number of fused-ring (bicyclic) bond motifs is 1. The summed E-state index contributed by atoms with van der Waals surface area (Å²) in [7, 11) is 1.55. The second-order valence-electron chi connectivity index (χ2n) is 7.40. The second kappa shape index (κ2) is 8.13. The lowest BCUT2D eigenvalue weighted by atomic mass is 9.92. The lowest BCUT2D eigenvalue weighted by Crippen LogP contribution is -2.32. The third-order valence-electron chi connectivity index (χ3n) is 5.58. The van der Waals surface area contributed by atoms with Crippen LogP contribution < -0.4 is 0 Å². The number of likely N-dealkylation sites (tertiary alicyclic amines) is 1. The van der Waals surface area contributed by atoms with Crippen molar-refractivity contribution in [2.24, 2.45) is 0 Å². The van der Waals surface area contributed by atoms with Crippen molar-refractivity contribution < 1.29 is 19.4 Å². The van der Waals surface area contributed by atoms with Crippen LogP contribution in [0.4, 0.5) is 0 Å². The molecule has 1 fully saturated rings. The van der Waals surface area contributed by atoms with Crippen molar-refractivity contribution in [2.75, 3.05) is 20.3 Å². The Kier molecular flexibility index (Phi) is 5.38. The monoisotopic (exact) mass is 401 g/mol. The first-order valence-corrected chi connectivity index (χ1v) is 9.85. The highest BCUT2D eigenvalue weighted by atomic mass is 16.5. The third kappa shape index (κ3) is 3.37. The zero-order valence-corrected chi connectivity index (χ0v) is 17.0. The average Bonchev–Trinajstić information content (AvgIpc) is 3.01. The maximum Gasteiger partial charge on any atom is 0.295 e. The zero-order chi connectivity index (χ0) is 21.3. The number of amides is 1. The first-order chi connectivity index (χ1) is 14.5. The highest BCUT2D eigenvalue weighted by molar-refractivity contribution is 6.46. The van der Waals surface area contributed by atoms with Gasteiger partial charge in [0.15, 0.2) is 0 Å². The van der Waals surface area contributed by atoms with Crippen LogP contribution in [0.2, 0.25) is 0 Å². The summed E-state index contributed by atoms with van der Waals surface area (Å²) in [6.07, 6.45) is 0. The summed E-state index contributed by atoms with van der Waals surface area (Å²) < 4.78 is 5.15. The van der Waals surface area contributed by atoms with Gasteiger partial charge < -0.3 is 14.7 Å². The normalized spacial score (nSPS) is 18.3. The van der Waals surface area contributed by atoms with Crippen molar-refractivity contribution in [2.45, 2.75) is 13.0 Å². The molecule has 0 spiro atoms. The molecule has 0 aliphatic carbocycles. The van der Waals surface area contributed by atoms with Gasteiger partial charge in [0.2, 0.25) is 0 Å². The minimum atomic E-state index is -0.676. The number of aryl methyl sites for hydroxylation is 1. The highest BCUT2D eigenvalue weighted by Gasteiger charge is 2.46. The van der Waals surface area contributed by atoms with E-state index in [2.05, 4.69) is 0 Å². The number of nitrogens with zero attached hydrogens (tertiary/aromatic N) is 1. The van der Waals surface area contributed by atoms with E-state index in [1.807, 2.05) is 67.6 Å². The van der Waals surface area contributed by atoms with E-state index in [9.17, 15) is 14.7 Å². The number of Topliss-reactive ketones (excluding diaryl/α,β-unsaturated/α-hetero) is 1. The van der Waals surface area contributed by atoms with Crippen LogP contribution in [0.3, 0.4) is 0 Å². The molecule has 1 aliphatic rings. The Morgan fingerprint density at radius 1 is 1.00 bits per heavy atom. The van der Waals surface area contributed by atoms with Gasteiger partial charge in [-0.1, -0.05) is 60.7 Å². The Balaban J connectivity index is 1.90. The fourth-order valence-corrected chi connectivity index (χ4v) is 4.01. The molecule has 1 atom stereocenters. The number of ether oxygens (including phenoxy) is 1. The van der Waals surface area contributed by atoms with Crippen LogP contribution in [0.5, 0.6) is 0 Å². The molecule has 3 aromatic rings. The average molecular weight is 401 g/mol. The van der Waals surface area contributed by atoms with Crippen LogP contribution in [0, 0.1) is 6.92 Å². The molecule has 5 nitrogen and oxygen atoms in total. The van der Waals surface area contributed by atoms with Gasteiger partial charge in [0.25, 0.3) is 11.7 Å². The van der Waals surface area contributed by atoms with Gasteiger partial charge >= 0.3 is 0 Å². The van der Waals surface area contributed by atoms with E-state index < -0.39 is 17.7 Å². The smallest absolute Gasteiger partial charge is 0.295 e. The first kappa shape index (κ1) is 19.9. The maximum atomic E-state index is 13.0. The van der Waals surface area contributed by atoms with E-state index in [1.54, 1.807) is 13.2 Å². The molecular weight excluding hydrogens is 378 g/mol. The third-order valence-corrected chi connectivity index (χ3v) is 5.58. The molecule has 1 saturated heterocycles. The number of hydrogen-bond acceptors (Lipinski definition) is 4. The Labute approximate surface area is 175 Å². The Hall–Kier alpha value is -3.44. The Morgan fingerprint density at radius 2 is 1.70 bits per heavy atom. The van der Waals surface area contributed by atoms with Gasteiger partial charge in [0.05, 0.1) is 18.2 Å². The molecule has 3 aromatic carbocycles. The summed E-state index contributed by atoms with van der Waals surface area (Å²) in [6, 6.07) is 20.2. The molecular formula is C25H23NO4. The Bertz CT molecular complexity index is 1160. The summed E-state index contributed by atoms with van der Waals surface area (Å²) in [5.41, 5.74) is 2.38. The standard InChI is InChI=1S/C25H23NO4/c1-16-7-3-6-10-20(16)22-21(24(28)25(29)26(22)13-14-30-2)23(27)19-12-11-17-8-4-5-9-18(17)15-19/h3-12,15,22,27H,13-14H2,1-2H3/b23-21+. The number of ketones is 1. The van der Waals surface area contributed by atoms with Gasteiger partial charge in [-0.05, 0) is 34.9 Å². The topological polar surface area (TPSA) is 66.8 Å². The van der Waals surface area contributed by atoms with Crippen molar-refractivity contribution in [1.29, 1.82) is 0 Å². The van der Waals surface area contributed by atoms with E-state index in [0.29, 0.717) is 12.2 Å². The van der Waals surface area contributed by atoms with Gasteiger partial charge in [0, 0.05) is 19.2 Å². The van der Waals surface area contributed by atoms with Crippen molar-refractivity contribution in [3.63, 3.8) is 0 Å². The molecule has 1 aliphatic heterocycles. The summed E-state index contributed by atoms with van der Waals surface area (Å²) in [4.78, 5) is 27.3. The highest BCUT2D eigenvalue weighted by Crippen LogP contribution is 2.40. The number of aliphatic hydroxyl groups excluding tert-OH is 1. The van der Waals surface area contributed by atoms with Crippen LogP contribution in [-0.4, -0.2) is 42.0 Å². The summed E-state index contributed by atoms with van der Waals surface area (Å²) in [5, 5.41) is 13.2. The predicted octanol–water partition coefficient (Wildman–Crippen LogP) is 4.22. The van der Waals surface area contributed by atoms with E-state index >= 15 is 0 Å². The van der Waals surface area contributed by atoms with Crippen LogP contribution in [-0.2, 0) is 14.3 Å². The van der Waals surface area contributed by atoms with Crippen LogP contribution in [0.1, 0.15) is 22.7 Å². The number of carbonyl (C=O) groups excluding carboxylic acids is 2. The lowest BCUT2D eigenvalue weighted by Gasteiger charge is -2.26. The second-order valence-corrected chi connectivity index (χ2v) is 7.40. The molecule has 0 saturated carbocycles. The van der Waals surface area contributed by atoms with E-state index in [4.69, 9.17) is 4.74 Å². The Morgan fingerprint density at radius 3 is 2.43 bits per heavy atom. The first-order valence-electron chi connectivity index (χ1n) is 9.85. The van der Waals surface area contributed by atoms with Crippen LogP contribution in [0.15, 0.2) is 72.3 Å². The van der Waals surface area contributed by atoms with Gasteiger partial charge in [-0.15, -0.1) is 0 Å². The molecule has 0 bridgehead atoms. The van der Waals surface area contributed by atoms with Crippen molar-refractivity contribution in [1.82, 2.24) is 4.90 Å². The van der Waals surface area contributed by atoms with E-state index in [-0.39, 0.29) is 17.9 Å². The molecule has 1 amide bonds. The van der Waals surface area contributed by atoms with E-state index in [1.165, 1.54) is 4.90 Å². The minimum Gasteiger partial charge on any atom is -0.507 e. The van der Waals surface area contributed by atoms with Crippen molar-refractivity contribution in [3.8, 4) is 0 Å². The number of methoxy groups -OCH3 is 1. The molecule has 30 heavy (non-hydrogen) atoms. The molecule has 0 radical (unpaired) electrons. The van der Waals surface area contributed by atoms with E-state index in [0.717, 1.165) is 21.9 Å². The molecule has 0 aromatic heterocycles. The number of carbonyl (C=O) groups is 2. The largest absolute Gasteiger partial charge is 0.507 e. The summed E-state index contributed by atoms with van der Waals surface area (Å²) in [6.45, 7) is 2.49.